The van der Waals surface area contributed by atoms with Crippen LogP contribution in [-0.4, -0.2) is 38.9 Å². The lowest BCUT2D eigenvalue weighted by Crippen LogP contribution is -2.40. The lowest BCUT2D eigenvalue weighted by molar-refractivity contribution is 0.268. The van der Waals surface area contributed by atoms with Crippen LogP contribution in [0.15, 0.2) is 29.2 Å². The van der Waals surface area contributed by atoms with Crippen LogP contribution in [0.2, 0.25) is 0 Å². The van der Waals surface area contributed by atoms with Crippen molar-refractivity contribution in [2.45, 2.75) is 38.0 Å². The summed E-state index contributed by atoms with van der Waals surface area (Å²) >= 11 is 0. The summed E-state index contributed by atoms with van der Waals surface area (Å²) in [6, 6.07) is 7.32. The Hall–Kier alpha value is -0.620. The topological polar surface area (TPSA) is 49.4 Å². The Morgan fingerprint density at radius 2 is 1.91 bits per heavy atom. The first-order valence-corrected chi connectivity index (χ1v) is 9.31. The van der Waals surface area contributed by atoms with Crippen LogP contribution >= 0.6 is 12.4 Å². The highest BCUT2D eigenvalue weighted by atomic mass is 35.5. The summed E-state index contributed by atoms with van der Waals surface area (Å²) in [6.07, 6.45) is 2.74. The van der Waals surface area contributed by atoms with E-state index < -0.39 is 10.0 Å². The number of nitrogens with zero attached hydrogens (tertiary/aromatic N) is 1. The number of halogens is 1. The second-order valence-electron chi connectivity index (χ2n) is 5.66. The fourth-order valence-corrected chi connectivity index (χ4v) is 4.32. The van der Waals surface area contributed by atoms with E-state index in [1.165, 1.54) is 0 Å². The van der Waals surface area contributed by atoms with Gasteiger partial charge in [0.1, 0.15) is 0 Å². The molecule has 0 atom stereocenters. The van der Waals surface area contributed by atoms with E-state index in [1.807, 2.05) is 19.1 Å². The molecule has 1 aromatic rings. The van der Waals surface area contributed by atoms with Gasteiger partial charge < -0.3 is 5.32 Å². The summed E-state index contributed by atoms with van der Waals surface area (Å²) in [6.45, 7) is 7.37. The number of benzene rings is 1. The van der Waals surface area contributed by atoms with Gasteiger partial charge in [0.05, 0.1) is 4.90 Å². The maximum Gasteiger partial charge on any atom is 0.243 e. The summed E-state index contributed by atoms with van der Waals surface area (Å²) < 4.78 is 27.0. The lowest BCUT2D eigenvalue weighted by atomic mass is 9.98. The number of nitrogens with one attached hydrogen (secondary N) is 1. The summed E-state index contributed by atoms with van der Waals surface area (Å²) in [5.41, 5.74) is 1.07. The minimum atomic E-state index is -3.33. The molecule has 0 spiro atoms. The van der Waals surface area contributed by atoms with Crippen LogP contribution < -0.4 is 5.32 Å². The van der Waals surface area contributed by atoms with Gasteiger partial charge in [0.15, 0.2) is 0 Å². The van der Waals surface area contributed by atoms with Crippen molar-refractivity contribution in [1.29, 1.82) is 0 Å². The molecule has 0 radical (unpaired) electrons. The van der Waals surface area contributed by atoms with E-state index in [1.54, 1.807) is 16.4 Å². The normalized spacial score (nSPS) is 17.2. The first kappa shape index (κ1) is 19.4. The Morgan fingerprint density at radius 1 is 1.23 bits per heavy atom. The Labute approximate surface area is 140 Å². The molecule has 1 aromatic carbocycles. The van der Waals surface area contributed by atoms with Gasteiger partial charge in [-0.05, 0) is 56.0 Å². The quantitative estimate of drug-likeness (QED) is 0.861. The van der Waals surface area contributed by atoms with Crippen molar-refractivity contribution in [3.05, 3.63) is 29.8 Å². The summed E-state index contributed by atoms with van der Waals surface area (Å²) in [4.78, 5) is 0.437. The molecule has 1 aliphatic heterocycles. The molecular weight excluding hydrogens is 320 g/mol. The molecule has 1 saturated heterocycles. The minimum Gasteiger partial charge on any atom is -0.317 e. The third-order valence-corrected chi connectivity index (χ3v) is 6.10. The molecule has 1 fully saturated rings. The monoisotopic (exact) mass is 346 g/mol. The minimum absolute atomic E-state index is 0. The Balaban J connectivity index is 0.00000242. The van der Waals surface area contributed by atoms with Crippen LogP contribution in [-0.2, 0) is 16.4 Å². The molecule has 22 heavy (non-hydrogen) atoms. The second-order valence-corrected chi connectivity index (χ2v) is 7.59. The molecule has 1 aliphatic rings. The summed E-state index contributed by atoms with van der Waals surface area (Å²) in [7, 11) is -3.33. The highest BCUT2D eigenvalue weighted by Gasteiger charge is 2.29. The molecule has 0 aromatic heterocycles. The molecule has 0 amide bonds. The zero-order valence-corrected chi connectivity index (χ0v) is 15.0. The van der Waals surface area contributed by atoms with E-state index in [0.29, 0.717) is 23.9 Å². The van der Waals surface area contributed by atoms with E-state index in [9.17, 15) is 8.42 Å². The van der Waals surface area contributed by atoms with Crippen molar-refractivity contribution in [3.63, 3.8) is 0 Å². The van der Waals surface area contributed by atoms with Gasteiger partial charge in [-0.3, -0.25) is 0 Å². The highest BCUT2D eigenvalue weighted by Crippen LogP contribution is 2.24. The second kappa shape index (κ2) is 8.87. The number of sulfonamides is 1. The third kappa shape index (κ3) is 4.69. The molecule has 0 saturated carbocycles. The predicted molar refractivity (Wildman–Crippen MR) is 93.1 cm³/mol. The van der Waals surface area contributed by atoms with Crippen molar-refractivity contribution >= 4 is 22.4 Å². The van der Waals surface area contributed by atoms with E-state index in [4.69, 9.17) is 0 Å². The number of rotatable bonds is 6. The van der Waals surface area contributed by atoms with Crippen molar-refractivity contribution < 1.29 is 8.42 Å². The van der Waals surface area contributed by atoms with Gasteiger partial charge in [-0.15, -0.1) is 12.4 Å². The Bertz CT molecular complexity index is 555. The van der Waals surface area contributed by atoms with Crippen molar-refractivity contribution in [2.24, 2.45) is 5.92 Å². The fourth-order valence-electron chi connectivity index (χ4n) is 2.78. The van der Waals surface area contributed by atoms with Gasteiger partial charge in [0.25, 0.3) is 0 Å². The number of aryl methyl sites for hydroxylation is 1. The molecule has 1 N–H and O–H groups in total. The van der Waals surface area contributed by atoms with Gasteiger partial charge in [-0.25, -0.2) is 8.42 Å². The SMILES string of the molecule is CCNCC1CCN(S(=O)(=O)c2cccc(CC)c2)CC1.Cl. The highest BCUT2D eigenvalue weighted by molar-refractivity contribution is 7.89. The molecule has 126 valence electrons. The molecule has 2 rings (SSSR count). The van der Waals surface area contributed by atoms with Crippen LogP contribution in [0, 0.1) is 5.92 Å². The molecule has 0 aliphatic carbocycles. The smallest absolute Gasteiger partial charge is 0.243 e. The average Bonchev–Trinajstić information content (AvgIpc) is 2.53. The Kier molecular flexibility index (Phi) is 7.83. The van der Waals surface area contributed by atoms with E-state index in [0.717, 1.165) is 37.9 Å². The standard InChI is InChI=1S/C16H26N2O2S.ClH/c1-3-14-6-5-7-16(12-14)21(19,20)18-10-8-15(9-11-18)13-17-4-2;/h5-7,12,15,17H,3-4,8-11,13H2,1-2H3;1H. The number of hydrogen-bond donors (Lipinski definition) is 1. The van der Waals surface area contributed by atoms with Crippen LogP contribution in [0.4, 0.5) is 0 Å². The van der Waals surface area contributed by atoms with Gasteiger partial charge in [-0.2, -0.15) is 4.31 Å². The molecule has 1 heterocycles. The zero-order valence-electron chi connectivity index (χ0n) is 13.4. The zero-order chi connectivity index (χ0) is 15.3. The van der Waals surface area contributed by atoms with E-state index >= 15 is 0 Å². The van der Waals surface area contributed by atoms with Gasteiger partial charge in [0, 0.05) is 13.1 Å². The number of piperidine rings is 1. The van der Waals surface area contributed by atoms with E-state index in [-0.39, 0.29) is 12.4 Å². The molecule has 4 nitrogen and oxygen atoms in total. The summed E-state index contributed by atoms with van der Waals surface area (Å²) in [5, 5.41) is 3.35. The maximum atomic E-state index is 12.7. The van der Waals surface area contributed by atoms with Crippen LogP contribution in [0.5, 0.6) is 0 Å². The molecule has 6 heteroatoms. The van der Waals surface area contributed by atoms with Gasteiger partial charge in [-0.1, -0.05) is 26.0 Å². The maximum absolute atomic E-state index is 12.7. The number of hydrogen-bond acceptors (Lipinski definition) is 3. The predicted octanol–water partition coefficient (Wildman–Crippen LogP) is 2.68. The van der Waals surface area contributed by atoms with E-state index in [2.05, 4.69) is 12.2 Å². The Morgan fingerprint density at radius 3 is 2.50 bits per heavy atom. The van der Waals surface area contributed by atoms with Gasteiger partial charge >= 0.3 is 0 Å². The van der Waals surface area contributed by atoms with Crippen molar-refractivity contribution in [1.82, 2.24) is 9.62 Å². The van der Waals surface area contributed by atoms with Crippen molar-refractivity contribution in [3.8, 4) is 0 Å². The van der Waals surface area contributed by atoms with Crippen LogP contribution in [0.25, 0.3) is 0 Å². The first-order chi connectivity index (χ1) is 10.1. The largest absolute Gasteiger partial charge is 0.317 e. The molecular formula is C16H27ClN2O2S. The molecule has 0 unspecified atom stereocenters. The lowest BCUT2D eigenvalue weighted by Gasteiger charge is -2.31. The average molecular weight is 347 g/mol. The summed E-state index contributed by atoms with van der Waals surface area (Å²) in [5.74, 6) is 0.596. The van der Waals surface area contributed by atoms with Gasteiger partial charge in [0.2, 0.25) is 10.0 Å². The van der Waals surface area contributed by atoms with Crippen LogP contribution in [0.3, 0.4) is 0 Å². The fraction of sp³-hybridized carbons (Fsp3) is 0.625. The first-order valence-electron chi connectivity index (χ1n) is 7.87. The molecule has 0 bridgehead atoms. The van der Waals surface area contributed by atoms with Crippen molar-refractivity contribution in [2.75, 3.05) is 26.2 Å². The third-order valence-electron chi connectivity index (χ3n) is 4.20. The van der Waals surface area contributed by atoms with Crippen LogP contribution in [0.1, 0.15) is 32.3 Å².